The van der Waals surface area contributed by atoms with Crippen LogP contribution < -0.4 is 15.1 Å². The molecule has 1 aromatic carbocycles. The second-order valence-corrected chi connectivity index (χ2v) is 12.3. The molecule has 0 aliphatic carbocycles. The molecule has 232 valence electrons. The standard InChI is InChI=1S/C33H41F2N9/c1-40-15-18-42(19-16-40)26-9-6-24(7-10-26)31-30(35)33(39-32(38-31)28-22-37-29-11-8-25(34)23-44(28)29)43(27-5-4-12-36-21-27)20-17-41-13-2-3-14-41/h6-11,22-23,27,36H,2-5,12-21H2,1H3/t27-/m1/s1. The Hall–Kier alpha value is -3.67. The third-order valence-electron chi connectivity index (χ3n) is 9.38. The minimum Gasteiger partial charge on any atom is -0.369 e. The van der Waals surface area contributed by atoms with E-state index in [2.05, 4.69) is 49.1 Å². The smallest absolute Gasteiger partial charge is 0.191 e. The molecule has 3 aromatic heterocycles. The number of piperidine rings is 1. The van der Waals surface area contributed by atoms with Gasteiger partial charge in [0.2, 0.25) is 0 Å². The molecule has 44 heavy (non-hydrogen) atoms. The summed E-state index contributed by atoms with van der Waals surface area (Å²) in [5.74, 6) is -0.188. The van der Waals surface area contributed by atoms with E-state index >= 15 is 4.39 Å². The first kappa shape index (κ1) is 29.1. The summed E-state index contributed by atoms with van der Waals surface area (Å²) in [6.45, 7) is 9.35. The molecule has 0 amide bonds. The monoisotopic (exact) mass is 601 g/mol. The number of anilines is 2. The lowest BCUT2D eigenvalue weighted by molar-refractivity contribution is 0.313. The zero-order chi connectivity index (χ0) is 30.0. The van der Waals surface area contributed by atoms with Gasteiger partial charge in [0.15, 0.2) is 17.5 Å². The van der Waals surface area contributed by atoms with Crippen molar-refractivity contribution in [2.75, 3.05) is 82.3 Å². The lowest BCUT2D eigenvalue weighted by Crippen LogP contribution is -2.49. The second kappa shape index (κ2) is 12.7. The van der Waals surface area contributed by atoms with Crippen molar-refractivity contribution in [3.05, 3.63) is 60.4 Å². The third kappa shape index (κ3) is 6.00. The number of likely N-dealkylation sites (N-methyl/N-ethyl adjacent to an activating group) is 1. The Bertz CT molecular complexity index is 1570. The molecule has 0 saturated carbocycles. The van der Waals surface area contributed by atoms with E-state index in [4.69, 9.17) is 9.97 Å². The van der Waals surface area contributed by atoms with Crippen molar-refractivity contribution in [1.82, 2.24) is 34.5 Å². The van der Waals surface area contributed by atoms with Gasteiger partial charge in [0.05, 0.1) is 6.20 Å². The van der Waals surface area contributed by atoms with Crippen LogP contribution in [0.2, 0.25) is 0 Å². The average Bonchev–Trinajstić information content (AvgIpc) is 3.73. The Morgan fingerprint density at radius 2 is 1.73 bits per heavy atom. The van der Waals surface area contributed by atoms with E-state index in [-0.39, 0.29) is 17.6 Å². The first-order valence-electron chi connectivity index (χ1n) is 16.0. The Labute approximate surface area is 257 Å². The molecular weight excluding hydrogens is 560 g/mol. The first-order chi connectivity index (χ1) is 21.5. The summed E-state index contributed by atoms with van der Waals surface area (Å²) < 4.78 is 32.9. The summed E-state index contributed by atoms with van der Waals surface area (Å²) in [5.41, 5.74) is 3.16. The molecule has 3 saturated heterocycles. The van der Waals surface area contributed by atoms with E-state index in [1.807, 2.05) is 12.1 Å². The maximum absolute atomic E-state index is 16.9. The number of fused-ring (bicyclic) bond motifs is 1. The first-order valence-corrected chi connectivity index (χ1v) is 16.0. The molecule has 0 spiro atoms. The Morgan fingerprint density at radius 1 is 0.932 bits per heavy atom. The van der Waals surface area contributed by atoms with Gasteiger partial charge in [-0.05, 0) is 76.6 Å². The number of rotatable bonds is 8. The molecule has 6 heterocycles. The fourth-order valence-corrected chi connectivity index (χ4v) is 6.76. The second-order valence-electron chi connectivity index (χ2n) is 12.3. The number of likely N-dealkylation sites (tertiary alicyclic amines) is 1. The van der Waals surface area contributed by atoms with Gasteiger partial charge in [-0.25, -0.2) is 23.7 Å². The molecule has 7 rings (SSSR count). The number of hydrogen-bond acceptors (Lipinski definition) is 8. The van der Waals surface area contributed by atoms with Crippen LogP contribution >= 0.6 is 0 Å². The van der Waals surface area contributed by atoms with E-state index in [0.717, 1.165) is 77.4 Å². The van der Waals surface area contributed by atoms with Crippen LogP contribution in [0.5, 0.6) is 0 Å². The summed E-state index contributed by atoms with van der Waals surface area (Å²) in [6, 6.07) is 11.1. The minimum atomic E-state index is -0.423. The van der Waals surface area contributed by atoms with Crippen LogP contribution in [0.1, 0.15) is 25.7 Å². The highest BCUT2D eigenvalue weighted by Gasteiger charge is 2.29. The number of nitrogens with zero attached hydrogens (tertiary/aromatic N) is 8. The fourth-order valence-electron chi connectivity index (χ4n) is 6.76. The van der Waals surface area contributed by atoms with Crippen molar-refractivity contribution < 1.29 is 8.78 Å². The number of halogens is 2. The van der Waals surface area contributed by atoms with Crippen molar-refractivity contribution in [2.24, 2.45) is 0 Å². The van der Waals surface area contributed by atoms with Crippen molar-refractivity contribution in [3.63, 3.8) is 0 Å². The number of benzene rings is 1. The van der Waals surface area contributed by atoms with Crippen LogP contribution in [-0.2, 0) is 0 Å². The highest BCUT2D eigenvalue weighted by Crippen LogP contribution is 2.33. The lowest BCUT2D eigenvalue weighted by atomic mass is 10.0. The lowest BCUT2D eigenvalue weighted by Gasteiger charge is -2.37. The highest BCUT2D eigenvalue weighted by molar-refractivity contribution is 5.70. The normalized spacial score (nSPS) is 20.1. The van der Waals surface area contributed by atoms with E-state index in [9.17, 15) is 4.39 Å². The molecule has 9 nitrogen and oxygen atoms in total. The molecule has 3 fully saturated rings. The molecular formula is C33H41F2N9. The van der Waals surface area contributed by atoms with E-state index in [0.29, 0.717) is 35.1 Å². The van der Waals surface area contributed by atoms with Crippen LogP contribution in [0.25, 0.3) is 28.4 Å². The Morgan fingerprint density at radius 3 is 2.48 bits per heavy atom. The molecule has 1 N–H and O–H groups in total. The van der Waals surface area contributed by atoms with Gasteiger partial charge in [0, 0.05) is 69.3 Å². The maximum atomic E-state index is 16.9. The summed E-state index contributed by atoms with van der Waals surface area (Å²) in [6.07, 6.45) is 7.42. The summed E-state index contributed by atoms with van der Waals surface area (Å²) >= 11 is 0. The van der Waals surface area contributed by atoms with Crippen molar-refractivity contribution in [2.45, 2.75) is 31.7 Å². The zero-order valence-corrected chi connectivity index (χ0v) is 25.4. The van der Waals surface area contributed by atoms with Crippen LogP contribution in [0.3, 0.4) is 0 Å². The molecule has 1 atom stereocenters. The van der Waals surface area contributed by atoms with Crippen molar-refractivity contribution in [3.8, 4) is 22.8 Å². The fraction of sp³-hybridized carbons (Fsp3) is 0.485. The van der Waals surface area contributed by atoms with E-state index in [1.165, 1.54) is 25.1 Å². The molecule has 3 aliphatic heterocycles. The van der Waals surface area contributed by atoms with Gasteiger partial charge in [-0.15, -0.1) is 0 Å². The Balaban J connectivity index is 1.31. The molecule has 0 unspecified atom stereocenters. The average molecular weight is 602 g/mol. The van der Waals surface area contributed by atoms with Crippen molar-refractivity contribution >= 4 is 17.2 Å². The Kier molecular flexibility index (Phi) is 8.42. The van der Waals surface area contributed by atoms with Gasteiger partial charge in [0.1, 0.15) is 22.9 Å². The van der Waals surface area contributed by atoms with Gasteiger partial charge < -0.3 is 24.9 Å². The highest BCUT2D eigenvalue weighted by atomic mass is 19.1. The molecule has 0 bridgehead atoms. The number of pyridine rings is 1. The molecule has 3 aliphatic rings. The summed E-state index contributed by atoms with van der Waals surface area (Å²) in [5, 5.41) is 3.51. The molecule has 0 radical (unpaired) electrons. The predicted molar refractivity (Wildman–Crippen MR) is 170 cm³/mol. The molecule has 11 heteroatoms. The van der Waals surface area contributed by atoms with Crippen LogP contribution in [0.15, 0.2) is 48.8 Å². The van der Waals surface area contributed by atoms with Gasteiger partial charge >= 0.3 is 0 Å². The van der Waals surface area contributed by atoms with Gasteiger partial charge in [-0.1, -0.05) is 12.1 Å². The number of imidazole rings is 1. The third-order valence-corrected chi connectivity index (χ3v) is 9.38. The summed E-state index contributed by atoms with van der Waals surface area (Å²) in [7, 11) is 2.14. The van der Waals surface area contributed by atoms with Crippen LogP contribution in [0, 0.1) is 11.6 Å². The zero-order valence-electron chi connectivity index (χ0n) is 25.4. The van der Waals surface area contributed by atoms with Crippen molar-refractivity contribution in [1.29, 1.82) is 0 Å². The number of nitrogens with one attached hydrogen (secondary N) is 1. The maximum Gasteiger partial charge on any atom is 0.191 e. The molecule has 4 aromatic rings. The van der Waals surface area contributed by atoms with Gasteiger partial charge in [0.25, 0.3) is 0 Å². The van der Waals surface area contributed by atoms with Gasteiger partial charge in [-0.3, -0.25) is 4.40 Å². The van der Waals surface area contributed by atoms with Gasteiger partial charge in [-0.2, -0.15) is 0 Å². The van der Waals surface area contributed by atoms with Crippen LogP contribution in [0.4, 0.5) is 20.3 Å². The minimum absolute atomic E-state index is 0.107. The number of aromatic nitrogens is 4. The van der Waals surface area contributed by atoms with Crippen LogP contribution in [-0.4, -0.2) is 108 Å². The topological polar surface area (TPSA) is 68.1 Å². The quantitative estimate of drug-likeness (QED) is 0.323. The largest absolute Gasteiger partial charge is 0.369 e. The van der Waals surface area contributed by atoms with E-state index < -0.39 is 5.82 Å². The SMILES string of the molecule is CN1CCN(c2ccc(-c3nc(-c4cnc5ccc(F)cn45)nc(N(CCN4CCCC4)[C@@H]4CCCNC4)c3F)cc2)CC1. The predicted octanol–water partition coefficient (Wildman–Crippen LogP) is 4.14. The van der Waals surface area contributed by atoms with E-state index in [1.54, 1.807) is 16.7 Å². The number of piperazine rings is 1. The number of hydrogen-bond donors (Lipinski definition) is 1. The summed E-state index contributed by atoms with van der Waals surface area (Å²) in [4.78, 5) is 23.5.